The molecule has 2 fully saturated rings. The second-order valence-electron chi connectivity index (χ2n) is 8.95. The van der Waals surface area contributed by atoms with E-state index in [2.05, 4.69) is 10.1 Å². The molecule has 1 unspecified atom stereocenters. The Bertz CT molecular complexity index is 1100. The lowest BCUT2D eigenvalue weighted by molar-refractivity contribution is -0.121. The Morgan fingerprint density at radius 1 is 0.914 bits per heavy atom. The third-order valence-electron chi connectivity index (χ3n) is 6.56. The van der Waals surface area contributed by atoms with Crippen LogP contribution >= 0.6 is 0 Å². The van der Waals surface area contributed by atoms with E-state index < -0.39 is 18.4 Å². The molecule has 9 heteroatoms. The first kappa shape index (κ1) is 24.6. The van der Waals surface area contributed by atoms with E-state index in [0.29, 0.717) is 43.7 Å². The lowest BCUT2D eigenvalue weighted by Gasteiger charge is -2.32. The van der Waals surface area contributed by atoms with Gasteiger partial charge in [0.1, 0.15) is 5.75 Å². The molecule has 2 aromatic carbocycles. The van der Waals surface area contributed by atoms with Crippen molar-refractivity contribution in [3.63, 3.8) is 0 Å². The third kappa shape index (κ3) is 5.61. The number of halogens is 2. The van der Waals surface area contributed by atoms with Crippen LogP contribution in [-0.4, -0.2) is 60.3 Å². The van der Waals surface area contributed by atoms with Crippen molar-refractivity contribution in [1.82, 2.24) is 9.80 Å². The number of likely N-dealkylation sites (tertiary alicyclic amines) is 2. The van der Waals surface area contributed by atoms with Gasteiger partial charge in [-0.3, -0.25) is 14.4 Å². The maximum absolute atomic E-state index is 13.2. The van der Waals surface area contributed by atoms with Gasteiger partial charge in [-0.25, -0.2) is 0 Å². The van der Waals surface area contributed by atoms with Gasteiger partial charge in [-0.2, -0.15) is 8.78 Å². The molecular formula is C26H29F2N3O4. The maximum atomic E-state index is 13.2. The Morgan fingerprint density at radius 2 is 1.57 bits per heavy atom. The second-order valence-corrected chi connectivity index (χ2v) is 8.95. The predicted molar refractivity (Wildman–Crippen MR) is 127 cm³/mol. The number of alkyl halides is 2. The topological polar surface area (TPSA) is 79.0 Å². The molecule has 3 amide bonds. The normalized spacial score (nSPS) is 18.0. The fourth-order valence-electron chi connectivity index (χ4n) is 4.72. The van der Waals surface area contributed by atoms with Crippen LogP contribution in [0.4, 0.5) is 14.5 Å². The molecule has 0 aromatic heterocycles. The fourth-order valence-corrected chi connectivity index (χ4v) is 4.72. The Kier molecular flexibility index (Phi) is 7.63. The van der Waals surface area contributed by atoms with E-state index in [-0.39, 0.29) is 29.7 Å². The molecule has 186 valence electrons. The summed E-state index contributed by atoms with van der Waals surface area (Å²) in [5.41, 5.74) is 1.77. The zero-order valence-corrected chi connectivity index (χ0v) is 19.6. The summed E-state index contributed by atoms with van der Waals surface area (Å²) < 4.78 is 30.1. The van der Waals surface area contributed by atoms with Gasteiger partial charge in [0.25, 0.3) is 11.8 Å². The summed E-state index contributed by atoms with van der Waals surface area (Å²) >= 11 is 0. The standard InChI is InChI=1S/C26H29F2N3O4/c1-17-8-6-11-20(25(34)30-13-4-5-14-30)22(17)29-23(32)18-9-7-15-31(16-18)24(33)19-10-2-3-12-21(19)35-26(27)28/h2-3,6,8,10-12,18,26H,4-5,7,9,13-16H2,1H3,(H,29,32). The molecule has 0 spiro atoms. The van der Waals surface area contributed by atoms with Gasteiger partial charge < -0.3 is 19.9 Å². The molecule has 0 bridgehead atoms. The number of amides is 3. The largest absolute Gasteiger partial charge is 0.434 e. The number of rotatable bonds is 6. The molecule has 35 heavy (non-hydrogen) atoms. The highest BCUT2D eigenvalue weighted by molar-refractivity contribution is 6.05. The molecular weight excluding hydrogens is 456 g/mol. The lowest BCUT2D eigenvalue weighted by Crippen LogP contribution is -2.44. The van der Waals surface area contributed by atoms with Gasteiger partial charge in [0.15, 0.2) is 0 Å². The zero-order valence-electron chi connectivity index (χ0n) is 19.6. The van der Waals surface area contributed by atoms with Crippen LogP contribution in [0.5, 0.6) is 5.75 Å². The minimum absolute atomic E-state index is 0.0336. The van der Waals surface area contributed by atoms with Crippen LogP contribution in [0.3, 0.4) is 0 Å². The molecule has 1 N–H and O–H groups in total. The number of benzene rings is 2. The van der Waals surface area contributed by atoms with Crippen LogP contribution in [0, 0.1) is 12.8 Å². The minimum atomic E-state index is -3.05. The number of ether oxygens (including phenoxy) is 1. The number of hydrogen-bond donors (Lipinski definition) is 1. The molecule has 2 aromatic rings. The van der Waals surface area contributed by atoms with Gasteiger partial charge in [-0.15, -0.1) is 0 Å². The van der Waals surface area contributed by atoms with Crippen LogP contribution in [0.1, 0.15) is 52.0 Å². The number of carbonyl (C=O) groups excluding carboxylic acids is 3. The van der Waals surface area contributed by atoms with E-state index in [1.54, 1.807) is 23.1 Å². The highest BCUT2D eigenvalue weighted by Crippen LogP contribution is 2.28. The molecule has 0 aliphatic carbocycles. The maximum Gasteiger partial charge on any atom is 0.387 e. The molecule has 0 saturated carbocycles. The number of piperidine rings is 1. The summed E-state index contributed by atoms with van der Waals surface area (Å²) in [5, 5.41) is 2.94. The van der Waals surface area contributed by atoms with Crippen LogP contribution in [0.2, 0.25) is 0 Å². The molecule has 4 rings (SSSR count). The summed E-state index contributed by atoms with van der Waals surface area (Å²) in [6.45, 7) is 0.763. The van der Waals surface area contributed by atoms with Crippen molar-refractivity contribution in [2.45, 2.75) is 39.2 Å². The Labute approximate surface area is 203 Å². The Balaban J connectivity index is 1.48. The van der Waals surface area contributed by atoms with E-state index in [1.807, 2.05) is 13.0 Å². The van der Waals surface area contributed by atoms with Crippen molar-refractivity contribution in [3.05, 3.63) is 59.2 Å². The second kappa shape index (κ2) is 10.8. The molecule has 0 radical (unpaired) electrons. The number of nitrogens with zero attached hydrogens (tertiary/aromatic N) is 2. The number of carbonyl (C=O) groups is 3. The van der Waals surface area contributed by atoms with Crippen molar-refractivity contribution in [1.29, 1.82) is 0 Å². The average molecular weight is 486 g/mol. The molecule has 7 nitrogen and oxygen atoms in total. The molecule has 2 saturated heterocycles. The highest BCUT2D eigenvalue weighted by Gasteiger charge is 2.31. The van der Waals surface area contributed by atoms with Crippen molar-refractivity contribution in [2.75, 3.05) is 31.5 Å². The molecule has 2 heterocycles. The number of aryl methyl sites for hydroxylation is 1. The number of hydrogen-bond acceptors (Lipinski definition) is 4. The molecule has 2 aliphatic heterocycles. The van der Waals surface area contributed by atoms with E-state index in [9.17, 15) is 23.2 Å². The summed E-state index contributed by atoms with van der Waals surface area (Å²) in [6, 6.07) is 11.2. The van der Waals surface area contributed by atoms with Gasteiger partial charge in [-0.05, 0) is 56.4 Å². The van der Waals surface area contributed by atoms with Gasteiger partial charge >= 0.3 is 6.61 Å². The fraction of sp³-hybridized carbons (Fsp3) is 0.423. The van der Waals surface area contributed by atoms with Crippen molar-refractivity contribution >= 4 is 23.4 Å². The third-order valence-corrected chi connectivity index (χ3v) is 6.56. The SMILES string of the molecule is Cc1cccc(C(=O)N2CCCC2)c1NC(=O)C1CCCN(C(=O)c2ccccc2OC(F)F)C1. The highest BCUT2D eigenvalue weighted by atomic mass is 19.3. The lowest BCUT2D eigenvalue weighted by atomic mass is 9.95. The Hall–Kier alpha value is -3.49. The Morgan fingerprint density at radius 3 is 2.31 bits per heavy atom. The van der Waals surface area contributed by atoms with E-state index in [0.717, 1.165) is 18.4 Å². The monoisotopic (exact) mass is 485 g/mol. The van der Waals surface area contributed by atoms with Crippen molar-refractivity contribution in [2.24, 2.45) is 5.92 Å². The first-order valence-electron chi connectivity index (χ1n) is 11.9. The predicted octanol–water partition coefficient (Wildman–Crippen LogP) is 4.32. The van der Waals surface area contributed by atoms with Gasteiger partial charge in [0.05, 0.1) is 22.7 Å². The zero-order chi connectivity index (χ0) is 24.9. The van der Waals surface area contributed by atoms with Crippen molar-refractivity contribution < 1.29 is 27.9 Å². The van der Waals surface area contributed by atoms with Gasteiger partial charge in [0, 0.05) is 26.2 Å². The van der Waals surface area contributed by atoms with E-state index in [4.69, 9.17) is 0 Å². The van der Waals surface area contributed by atoms with Gasteiger partial charge in [-0.1, -0.05) is 24.3 Å². The van der Waals surface area contributed by atoms with E-state index in [1.165, 1.54) is 23.1 Å². The average Bonchev–Trinajstić information content (AvgIpc) is 3.39. The van der Waals surface area contributed by atoms with Crippen molar-refractivity contribution in [3.8, 4) is 5.75 Å². The summed E-state index contributed by atoms with van der Waals surface area (Å²) in [4.78, 5) is 42.7. The van der Waals surface area contributed by atoms with Gasteiger partial charge in [0.2, 0.25) is 5.91 Å². The molecule has 2 aliphatic rings. The van der Waals surface area contributed by atoms with Crippen LogP contribution in [0.25, 0.3) is 0 Å². The first-order chi connectivity index (χ1) is 16.8. The summed E-state index contributed by atoms with van der Waals surface area (Å²) in [6.07, 6.45) is 3.11. The first-order valence-corrected chi connectivity index (χ1v) is 11.9. The number of para-hydroxylation sites is 2. The van der Waals surface area contributed by atoms with Crippen LogP contribution < -0.4 is 10.1 Å². The molecule has 1 atom stereocenters. The number of nitrogens with one attached hydrogen (secondary N) is 1. The van der Waals surface area contributed by atoms with Crippen LogP contribution in [-0.2, 0) is 4.79 Å². The van der Waals surface area contributed by atoms with E-state index >= 15 is 0 Å². The smallest absolute Gasteiger partial charge is 0.387 e. The minimum Gasteiger partial charge on any atom is -0.434 e. The summed E-state index contributed by atoms with van der Waals surface area (Å²) in [7, 11) is 0. The number of anilines is 1. The summed E-state index contributed by atoms with van der Waals surface area (Å²) in [5.74, 6) is -1.52. The quantitative estimate of drug-likeness (QED) is 0.661. The van der Waals surface area contributed by atoms with Crippen LogP contribution in [0.15, 0.2) is 42.5 Å².